The van der Waals surface area contributed by atoms with E-state index in [1.807, 2.05) is 19.9 Å². The van der Waals surface area contributed by atoms with Crippen molar-refractivity contribution in [2.24, 2.45) is 0 Å². The number of thioether (sulfide) groups is 1. The van der Waals surface area contributed by atoms with E-state index in [-0.39, 0.29) is 16.4 Å². The van der Waals surface area contributed by atoms with E-state index < -0.39 is 28.7 Å². The minimum absolute atomic E-state index is 0.131. The minimum Gasteiger partial charge on any atom is -0.405 e. The zero-order chi connectivity index (χ0) is 24.1. The molecular formula is C23H19F3N2O4S. The number of hydrogen-bond donors (Lipinski definition) is 2. The van der Waals surface area contributed by atoms with Crippen LogP contribution in [-0.2, 0) is 15.0 Å². The smallest absolute Gasteiger partial charge is 0.405 e. The summed E-state index contributed by atoms with van der Waals surface area (Å²) in [5.41, 5.74) is 2.65. The number of ether oxygens (including phenoxy) is 1. The number of rotatable bonds is 3. The Balaban J connectivity index is 1.87. The maximum absolute atomic E-state index is 13.1. The van der Waals surface area contributed by atoms with Crippen molar-refractivity contribution in [2.75, 3.05) is 5.32 Å². The summed E-state index contributed by atoms with van der Waals surface area (Å²) < 4.78 is 43.6. The van der Waals surface area contributed by atoms with Crippen molar-refractivity contribution < 1.29 is 32.3 Å². The highest BCUT2D eigenvalue weighted by Crippen LogP contribution is 2.43. The molecule has 2 aliphatic rings. The topological polar surface area (TPSA) is 84.5 Å². The van der Waals surface area contributed by atoms with Gasteiger partial charge in [0.2, 0.25) is 5.91 Å². The SMILES string of the molecule is Cc1cc2c(cc1-c1cc(/C=C3/SC(=O)NC3=O)ccc1OC(F)(F)F)NC(=O)CC2(C)C. The summed E-state index contributed by atoms with van der Waals surface area (Å²) in [5, 5.41) is 4.41. The second kappa shape index (κ2) is 7.95. The normalized spacial score (nSPS) is 18.7. The molecule has 6 nitrogen and oxygen atoms in total. The number of carbonyl (C=O) groups excluding carboxylic acids is 3. The van der Waals surface area contributed by atoms with Crippen LogP contribution in [0.25, 0.3) is 17.2 Å². The summed E-state index contributed by atoms with van der Waals surface area (Å²) in [6, 6.07) is 7.48. The molecule has 0 spiro atoms. The molecule has 1 fully saturated rings. The average molecular weight is 476 g/mol. The maximum Gasteiger partial charge on any atom is 0.573 e. The number of amides is 3. The molecule has 0 saturated carbocycles. The van der Waals surface area contributed by atoms with Crippen LogP contribution in [0.5, 0.6) is 5.75 Å². The standard InChI is InChI=1S/C23H19F3N2O4S/c1-11-6-15-16(27-19(29)10-22(15,2)3)9-13(11)14-7-12(4-5-17(14)32-23(24,25)26)8-18-20(30)28-21(31)33-18/h4-9H,10H2,1-3H3,(H,27,29)(H,28,30,31)/b18-8+. The highest BCUT2D eigenvalue weighted by atomic mass is 32.2. The van der Waals surface area contributed by atoms with Gasteiger partial charge in [-0.1, -0.05) is 26.0 Å². The van der Waals surface area contributed by atoms with Crippen LogP contribution >= 0.6 is 11.8 Å². The Hall–Kier alpha value is -3.27. The first-order valence-electron chi connectivity index (χ1n) is 9.92. The summed E-state index contributed by atoms with van der Waals surface area (Å²) in [4.78, 5) is 35.6. The number of nitrogens with one attached hydrogen (secondary N) is 2. The molecule has 10 heteroatoms. The van der Waals surface area contributed by atoms with Gasteiger partial charge in [0.05, 0.1) is 4.91 Å². The van der Waals surface area contributed by atoms with Gasteiger partial charge in [-0.2, -0.15) is 0 Å². The van der Waals surface area contributed by atoms with Crippen LogP contribution in [-0.4, -0.2) is 23.4 Å². The van der Waals surface area contributed by atoms with Gasteiger partial charge in [-0.05, 0) is 65.2 Å². The van der Waals surface area contributed by atoms with Crippen LogP contribution in [0.3, 0.4) is 0 Å². The van der Waals surface area contributed by atoms with Crippen molar-refractivity contribution in [3.05, 3.63) is 51.9 Å². The molecule has 0 aromatic heterocycles. The third kappa shape index (κ3) is 4.75. The van der Waals surface area contributed by atoms with Crippen molar-refractivity contribution in [3.63, 3.8) is 0 Å². The van der Waals surface area contributed by atoms with Gasteiger partial charge in [-0.3, -0.25) is 19.7 Å². The number of benzene rings is 2. The minimum atomic E-state index is -4.92. The van der Waals surface area contributed by atoms with E-state index in [0.29, 0.717) is 40.6 Å². The number of fused-ring (bicyclic) bond motifs is 1. The molecule has 2 heterocycles. The Bertz CT molecular complexity index is 1230. The lowest BCUT2D eigenvalue weighted by Crippen LogP contribution is -2.32. The van der Waals surface area contributed by atoms with E-state index in [4.69, 9.17) is 0 Å². The highest BCUT2D eigenvalue weighted by molar-refractivity contribution is 8.18. The predicted octanol–water partition coefficient (Wildman–Crippen LogP) is 5.50. The molecule has 2 aliphatic heterocycles. The van der Waals surface area contributed by atoms with E-state index >= 15 is 0 Å². The van der Waals surface area contributed by atoms with Crippen molar-refractivity contribution in [1.82, 2.24) is 5.32 Å². The molecule has 0 bridgehead atoms. The summed E-state index contributed by atoms with van der Waals surface area (Å²) in [7, 11) is 0. The van der Waals surface area contributed by atoms with Gasteiger partial charge < -0.3 is 10.1 Å². The van der Waals surface area contributed by atoms with E-state index in [0.717, 1.165) is 11.6 Å². The predicted molar refractivity (Wildman–Crippen MR) is 119 cm³/mol. The Morgan fingerprint density at radius 1 is 1.06 bits per heavy atom. The summed E-state index contributed by atoms with van der Waals surface area (Å²) in [5.74, 6) is -1.17. The van der Waals surface area contributed by atoms with Crippen molar-refractivity contribution in [1.29, 1.82) is 0 Å². The van der Waals surface area contributed by atoms with Gasteiger partial charge in [-0.25, -0.2) is 0 Å². The van der Waals surface area contributed by atoms with Gasteiger partial charge in [0.1, 0.15) is 5.75 Å². The molecule has 0 unspecified atom stereocenters. The lowest BCUT2D eigenvalue weighted by molar-refractivity contribution is -0.274. The lowest BCUT2D eigenvalue weighted by atomic mass is 9.76. The summed E-state index contributed by atoms with van der Waals surface area (Å²) in [6.45, 7) is 5.63. The second-order valence-electron chi connectivity index (χ2n) is 8.48. The van der Waals surface area contributed by atoms with Crippen molar-refractivity contribution in [3.8, 4) is 16.9 Å². The van der Waals surface area contributed by atoms with Crippen molar-refractivity contribution >= 4 is 40.6 Å². The number of hydrogen-bond acceptors (Lipinski definition) is 5. The van der Waals surface area contributed by atoms with Crippen LogP contribution in [0, 0.1) is 6.92 Å². The van der Waals surface area contributed by atoms with E-state index in [1.54, 1.807) is 13.0 Å². The quantitative estimate of drug-likeness (QED) is 0.571. The first kappa shape index (κ1) is 22.9. The Labute approximate surface area is 191 Å². The molecular weight excluding hydrogens is 457 g/mol. The molecule has 1 saturated heterocycles. The van der Waals surface area contributed by atoms with E-state index in [1.165, 1.54) is 18.2 Å². The van der Waals surface area contributed by atoms with Crippen LogP contribution < -0.4 is 15.4 Å². The first-order chi connectivity index (χ1) is 15.3. The molecule has 0 radical (unpaired) electrons. The van der Waals surface area contributed by atoms with Crippen LogP contribution in [0.2, 0.25) is 0 Å². The molecule has 3 amide bonds. The maximum atomic E-state index is 13.1. The van der Waals surface area contributed by atoms with Crippen LogP contribution in [0.4, 0.5) is 23.7 Å². The fourth-order valence-electron chi connectivity index (χ4n) is 3.99. The Morgan fingerprint density at radius 3 is 2.42 bits per heavy atom. The molecule has 0 aliphatic carbocycles. The monoisotopic (exact) mass is 476 g/mol. The lowest BCUT2D eigenvalue weighted by Gasteiger charge is -2.33. The van der Waals surface area contributed by atoms with Gasteiger partial charge in [0, 0.05) is 23.1 Å². The zero-order valence-electron chi connectivity index (χ0n) is 17.8. The summed E-state index contributed by atoms with van der Waals surface area (Å²) >= 11 is 0.709. The number of alkyl halides is 3. The molecule has 33 heavy (non-hydrogen) atoms. The van der Waals surface area contributed by atoms with E-state index in [9.17, 15) is 27.6 Å². The Morgan fingerprint density at radius 2 is 1.79 bits per heavy atom. The van der Waals surface area contributed by atoms with Crippen molar-refractivity contribution in [2.45, 2.75) is 39.0 Å². The number of aryl methyl sites for hydroxylation is 1. The summed E-state index contributed by atoms with van der Waals surface area (Å²) in [6.07, 6.45) is -3.20. The first-order valence-corrected chi connectivity index (χ1v) is 10.7. The van der Waals surface area contributed by atoms with Gasteiger partial charge in [0.15, 0.2) is 0 Å². The van der Waals surface area contributed by atoms with Gasteiger partial charge in [0.25, 0.3) is 11.1 Å². The van der Waals surface area contributed by atoms with E-state index in [2.05, 4.69) is 15.4 Å². The highest BCUT2D eigenvalue weighted by Gasteiger charge is 2.35. The van der Waals surface area contributed by atoms with Crippen LogP contribution in [0.1, 0.15) is 37.0 Å². The molecule has 2 aromatic carbocycles. The molecule has 172 valence electrons. The molecule has 2 aromatic rings. The fraction of sp³-hybridized carbons (Fsp3) is 0.261. The number of carbonyl (C=O) groups is 3. The van der Waals surface area contributed by atoms with Gasteiger partial charge in [-0.15, -0.1) is 13.2 Å². The van der Waals surface area contributed by atoms with Gasteiger partial charge >= 0.3 is 6.36 Å². The number of imide groups is 1. The van der Waals surface area contributed by atoms with Crippen LogP contribution in [0.15, 0.2) is 35.2 Å². The number of anilines is 1. The largest absolute Gasteiger partial charge is 0.573 e. The molecule has 2 N–H and O–H groups in total. The number of halogens is 3. The Kier molecular flexibility index (Phi) is 5.52. The second-order valence-corrected chi connectivity index (χ2v) is 9.49. The molecule has 4 rings (SSSR count). The third-order valence-corrected chi connectivity index (χ3v) is 6.24. The molecule has 0 atom stereocenters. The third-order valence-electron chi connectivity index (χ3n) is 5.43. The zero-order valence-corrected chi connectivity index (χ0v) is 18.7. The fourth-order valence-corrected chi connectivity index (χ4v) is 4.67. The average Bonchev–Trinajstić information content (AvgIpc) is 2.98.